The van der Waals surface area contributed by atoms with Gasteiger partial charge >= 0.3 is 0 Å². The Balaban J connectivity index is 1.42. The van der Waals surface area contributed by atoms with Crippen molar-refractivity contribution in [1.29, 1.82) is 0 Å². The number of hydrogen-bond acceptors (Lipinski definition) is 4. The summed E-state index contributed by atoms with van der Waals surface area (Å²) in [4.78, 5) is 14.9. The number of carbonyl (C=O) groups excluding carboxylic acids is 1. The summed E-state index contributed by atoms with van der Waals surface area (Å²) in [5.74, 6) is -0.343. The highest BCUT2D eigenvalue weighted by Gasteiger charge is 2.40. The first-order chi connectivity index (χ1) is 13.7. The maximum Gasteiger partial charge on any atom is 0.224 e. The molecule has 2 aliphatic heterocycles. The van der Waals surface area contributed by atoms with Crippen LogP contribution in [0.5, 0.6) is 0 Å². The maximum absolute atomic E-state index is 12.6. The molecule has 0 saturated carbocycles. The van der Waals surface area contributed by atoms with E-state index in [-0.39, 0.29) is 5.91 Å². The van der Waals surface area contributed by atoms with Gasteiger partial charge in [-0.2, -0.15) is 0 Å². The van der Waals surface area contributed by atoms with E-state index in [4.69, 9.17) is 9.47 Å². The standard InChI is InChI=1S/C23H28N2O3/c1-18-6-5-9-20(24-21(26)11-10-19-7-3-2-4-8-19)22(18)25-14-12-23(13-15-25)27-16-17-28-23/h2-9H,10-17H2,1H3,(H,24,26). The number of benzene rings is 2. The molecule has 2 aromatic carbocycles. The first kappa shape index (κ1) is 19.0. The summed E-state index contributed by atoms with van der Waals surface area (Å²) >= 11 is 0. The number of anilines is 2. The minimum Gasteiger partial charge on any atom is -0.369 e. The van der Waals surface area contributed by atoms with Crippen LogP contribution in [0.25, 0.3) is 0 Å². The van der Waals surface area contributed by atoms with Crippen molar-refractivity contribution in [2.75, 3.05) is 36.5 Å². The van der Waals surface area contributed by atoms with Gasteiger partial charge in [0.05, 0.1) is 24.6 Å². The van der Waals surface area contributed by atoms with Gasteiger partial charge in [-0.05, 0) is 30.5 Å². The van der Waals surface area contributed by atoms with E-state index >= 15 is 0 Å². The molecule has 2 heterocycles. The molecule has 1 spiro atoms. The number of carbonyl (C=O) groups is 1. The molecule has 2 aromatic rings. The molecule has 1 N–H and O–H groups in total. The molecule has 0 unspecified atom stereocenters. The van der Waals surface area contributed by atoms with Gasteiger partial charge in [-0.3, -0.25) is 4.79 Å². The lowest BCUT2D eigenvalue weighted by Crippen LogP contribution is -2.45. The van der Waals surface area contributed by atoms with Gasteiger partial charge in [-0.1, -0.05) is 42.5 Å². The molecular weight excluding hydrogens is 352 g/mol. The van der Waals surface area contributed by atoms with Crippen LogP contribution in [0, 0.1) is 6.92 Å². The number of hydrogen-bond donors (Lipinski definition) is 1. The Morgan fingerprint density at radius 1 is 1.04 bits per heavy atom. The van der Waals surface area contributed by atoms with E-state index in [0.717, 1.165) is 43.7 Å². The van der Waals surface area contributed by atoms with Crippen molar-refractivity contribution in [3.05, 3.63) is 59.7 Å². The third kappa shape index (κ3) is 4.21. The molecule has 0 atom stereocenters. The lowest BCUT2D eigenvalue weighted by atomic mass is 10.0. The number of nitrogens with one attached hydrogen (secondary N) is 1. The second-order valence-electron chi connectivity index (χ2n) is 7.60. The van der Waals surface area contributed by atoms with Crippen molar-refractivity contribution >= 4 is 17.3 Å². The highest BCUT2D eigenvalue weighted by atomic mass is 16.7. The molecule has 2 fully saturated rings. The minimum atomic E-state index is -0.391. The van der Waals surface area contributed by atoms with Crippen molar-refractivity contribution in [3.63, 3.8) is 0 Å². The Hall–Kier alpha value is -2.37. The smallest absolute Gasteiger partial charge is 0.224 e. The van der Waals surface area contributed by atoms with Crippen LogP contribution in [0.1, 0.15) is 30.4 Å². The molecule has 28 heavy (non-hydrogen) atoms. The molecule has 5 nitrogen and oxygen atoms in total. The van der Waals surface area contributed by atoms with Crippen LogP contribution in [0.4, 0.5) is 11.4 Å². The quantitative estimate of drug-likeness (QED) is 0.854. The number of rotatable bonds is 5. The van der Waals surface area contributed by atoms with Gasteiger partial charge in [-0.25, -0.2) is 0 Å². The normalized spacial score (nSPS) is 18.4. The van der Waals surface area contributed by atoms with E-state index in [0.29, 0.717) is 19.6 Å². The second kappa shape index (κ2) is 8.33. The zero-order chi connectivity index (χ0) is 19.4. The fraction of sp³-hybridized carbons (Fsp3) is 0.435. The molecule has 0 radical (unpaired) electrons. The van der Waals surface area contributed by atoms with E-state index in [9.17, 15) is 4.79 Å². The molecule has 1 amide bonds. The fourth-order valence-corrected chi connectivity index (χ4v) is 4.15. The summed E-state index contributed by atoms with van der Waals surface area (Å²) in [6, 6.07) is 16.2. The van der Waals surface area contributed by atoms with Crippen LogP contribution in [0.3, 0.4) is 0 Å². The van der Waals surface area contributed by atoms with E-state index < -0.39 is 5.79 Å². The number of nitrogens with zero attached hydrogens (tertiary/aromatic N) is 1. The van der Waals surface area contributed by atoms with Crippen LogP contribution in [0.15, 0.2) is 48.5 Å². The van der Waals surface area contributed by atoms with E-state index in [1.807, 2.05) is 30.3 Å². The average molecular weight is 380 g/mol. The Morgan fingerprint density at radius 3 is 2.46 bits per heavy atom. The number of piperidine rings is 1. The second-order valence-corrected chi connectivity index (χ2v) is 7.60. The highest BCUT2D eigenvalue weighted by Crippen LogP contribution is 2.37. The van der Waals surface area contributed by atoms with Crippen LogP contribution in [-0.4, -0.2) is 38.0 Å². The van der Waals surface area contributed by atoms with E-state index in [1.54, 1.807) is 0 Å². The molecule has 2 saturated heterocycles. The summed E-state index contributed by atoms with van der Waals surface area (Å²) in [7, 11) is 0. The van der Waals surface area contributed by atoms with E-state index in [1.165, 1.54) is 11.1 Å². The summed E-state index contributed by atoms with van der Waals surface area (Å²) in [6.45, 7) is 5.19. The van der Waals surface area contributed by atoms with Crippen molar-refractivity contribution in [2.24, 2.45) is 0 Å². The Bertz CT molecular complexity index is 806. The zero-order valence-electron chi connectivity index (χ0n) is 16.4. The van der Waals surface area contributed by atoms with Gasteiger partial charge in [-0.15, -0.1) is 0 Å². The molecule has 0 bridgehead atoms. The molecule has 5 heteroatoms. The molecule has 2 aliphatic rings. The summed E-state index contributed by atoms with van der Waals surface area (Å²) in [5.41, 5.74) is 4.36. The van der Waals surface area contributed by atoms with Crippen LogP contribution in [-0.2, 0) is 20.7 Å². The molecule has 4 rings (SSSR count). The van der Waals surface area contributed by atoms with Crippen molar-refractivity contribution in [3.8, 4) is 0 Å². The number of amides is 1. The third-order valence-electron chi connectivity index (χ3n) is 5.65. The van der Waals surface area contributed by atoms with E-state index in [2.05, 4.69) is 35.3 Å². The number of para-hydroxylation sites is 1. The van der Waals surface area contributed by atoms with Crippen LogP contribution < -0.4 is 10.2 Å². The molecule has 0 aliphatic carbocycles. The van der Waals surface area contributed by atoms with Crippen molar-refractivity contribution in [1.82, 2.24) is 0 Å². The highest BCUT2D eigenvalue weighted by molar-refractivity contribution is 5.95. The van der Waals surface area contributed by atoms with Crippen LogP contribution >= 0.6 is 0 Å². The van der Waals surface area contributed by atoms with Crippen molar-refractivity contribution < 1.29 is 14.3 Å². The lowest BCUT2D eigenvalue weighted by Gasteiger charge is -2.40. The number of aryl methyl sites for hydroxylation is 2. The maximum atomic E-state index is 12.6. The van der Waals surface area contributed by atoms with Gasteiger partial charge in [0.15, 0.2) is 5.79 Å². The van der Waals surface area contributed by atoms with Crippen molar-refractivity contribution in [2.45, 2.75) is 38.4 Å². The molecule has 0 aromatic heterocycles. The predicted molar refractivity (Wildman–Crippen MR) is 111 cm³/mol. The largest absolute Gasteiger partial charge is 0.369 e. The lowest BCUT2D eigenvalue weighted by molar-refractivity contribution is -0.169. The fourth-order valence-electron chi connectivity index (χ4n) is 4.15. The molecular formula is C23H28N2O3. The summed E-state index contributed by atoms with van der Waals surface area (Å²) < 4.78 is 11.7. The Morgan fingerprint density at radius 2 is 1.75 bits per heavy atom. The average Bonchev–Trinajstić information content (AvgIpc) is 3.17. The Labute approximate surface area is 166 Å². The topological polar surface area (TPSA) is 50.8 Å². The zero-order valence-corrected chi connectivity index (χ0v) is 16.4. The minimum absolute atomic E-state index is 0.0478. The summed E-state index contributed by atoms with van der Waals surface area (Å²) in [6.07, 6.45) is 2.92. The first-order valence-electron chi connectivity index (χ1n) is 10.1. The predicted octanol–water partition coefficient (Wildman–Crippen LogP) is 3.91. The SMILES string of the molecule is Cc1cccc(NC(=O)CCc2ccccc2)c1N1CCC2(CC1)OCCO2. The van der Waals surface area contributed by atoms with Gasteiger partial charge in [0.2, 0.25) is 5.91 Å². The first-order valence-corrected chi connectivity index (χ1v) is 10.1. The van der Waals surface area contributed by atoms with Gasteiger partial charge in [0.1, 0.15) is 0 Å². The number of ether oxygens (including phenoxy) is 2. The summed E-state index contributed by atoms with van der Waals surface area (Å²) in [5, 5.41) is 3.14. The Kier molecular flexibility index (Phi) is 5.64. The third-order valence-corrected chi connectivity index (χ3v) is 5.65. The van der Waals surface area contributed by atoms with Crippen LogP contribution in [0.2, 0.25) is 0 Å². The van der Waals surface area contributed by atoms with Gasteiger partial charge in [0.25, 0.3) is 0 Å². The monoisotopic (exact) mass is 380 g/mol. The molecule has 148 valence electrons. The van der Waals surface area contributed by atoms with Gasteiger partial charge < -0.3 is 19.7 Å². The van der Waals surface area contributed by atoms with Gasteiger partial charge in [0, 0.05) is 32.4 Å².